The van der Waals surface area contributed by atoms with Gasteiger partial charge in [0.1, 0.15) is 11.2 Å². The van der Waals surface area contributed by atoms with Gasteiger partial charge in [-0.2, -0.15) is 13.2 Å². The summed E-state index contributed by atoms with van der Waals surface area (Å²) in [5.74, 6) is -0.0434. The number of ether oxygens (including phenoxy) is 1. The van der Waals surface area contributed by atoms with Crippen molar-refractivity contribution in [1.82, 2.24) is 18.8 Å². The van der Waals surface area contributed by atoms with Crippen LogP contribution in [0.1, 0.15) is 39.7 Å². The average molecular weight is 695 g/mol. The van der Waals surface area contributed by atoms with Gasteiger partial charge in [0.05, 0.1) is 16.1 Å². The number of anilines is 1. The first-order chi connectivity index (χ1) is 20.5. The van der Waals surface area contributed by atoms with Crippen LogP contribution in [0.2, 0.25) is 0 Å². The van der Waals surface area contributed by atoms with Crippen molar-refractivity contribution >= 4 is 48.9 Å². The molecule has 0 radical (unpaired) electrons. The van der Waals surface area contributed by atoms with E-state index in [9.17, 15) is 26.4 Å². The van der Waals surface area contributed by atoms with Gasteiger partial charge in [-0.25, -0.2) is 27.2 Å². The highest BCUT2D eigenvalue weighted by molar-refractivity contribution is 9.10. The molecule has 0 aliphatic carbocycles. The summed E-state index contributed by atoms with van der Waals surface area (Å²) in [5, 5.41) is 3.37. The first-order valence-corrected chi connectivity index (χ1v) is 16.1. The van der Waals surface area contributed by atoms with E-state index in [1.807, 2.05) is 6.92 Å². The lowest BCUT2D eigenvalue weighted by molar-refractivity contribution is -0.137. The lowest BCUT2D eigenvalue weighted by Gasteiger charge is -2.38. The summed E-state index contributed by atoms with van der Waals surface area (Å²) < 4.78 is 77.4. The van der Waals surface area contributed by atoms with E-state index < -0.39 is 39.2 Å². The van der Waals surface area contributed by atoms with Crippen LogP contribution < -0.4 is 5.32 Å². The second kappa shape index (κ2) is 11.7. The first kappa shape index (κ1) is 31.8. The van der Waals surface area contributed by atoms with Crippen LogP contribution >= 0.6 is 15.9 Å². The van der Waals surface area contributed by atoms with Gasteiger partial charge in [-0.3, -0.25) is 0 Å². The Morgan fingerprint density at radius 3 is 2.48 bits per heavy atom. The number of amides is 1. The van der Waals surface area contributed by atoms with Crippen LogP contribution in [0.5, 0.6) is 0 Å². The van der Waals surface area contributed by atoms with E-state index in [2.05, 4.69) is 31.2 Å². The van der Waals surface area contributed by atoms with Crippen LogP contribution in [0.3, 0.4) is 0 Å². The van der Waals surface area contributed by atoms with Crippen molar-refractivity contribution in [3.8, 4) is 11.3 Å². The summed E-state index contributed by atoms with van der Waals surface area (Å²) >= 11 is 3.34. The zero-order valence-corrected chi connectivity index (χ0v) is 26.8. The molecule has 2 aromatic heterocycles. The molecule has 234 valence electrons. The molecule has 1 aliphatic rings. The van der Waals surface area contributed by atoms with Crippen molar-refractivity contribution in [3.63, 3.8) is 0 Å². The zero-order valence-electron chi connectivity index (χ0n) is 24.4. The van der Waals surface area contributed by atoms with Crippen LogP contribution in [0.15, 0.2) is 70.3 Å². The number of aromatic nitrogens is 3. The van der Waals surface area contributed by atoms with E-state index in [0.717, 1.165) is 10.2 Å². The molecule has 9 nitrogen and oxygen atoms in total. The van der Waals surface area contributed by atoms with Crippen LogP contribution in [0.25, 0.3) is 22.2 Å². The Balaban J connectivity index is 1.59. The minimum absolute atomic E-state index is 0.0228. The topological polar surface area (TPSA) is 106 Å². The van der Waals surface area contributed by atoms with Crippen LogP contribution in [0.4, 0.5) is 23.9 Å². The van der Waals surface area contributed by atoms with Crippen molar-refractivity contribution in [2.24, 2.45) is 5.92 Å². The molecule has 1 fully saturated rings. The molecule has 1 aliphatic heterocycles. The van der Waals surface area contributed by atoms with Crippen molar-refractivity contribution in [2.75, 3.05) is 18.4 Å². The number of piperidine rings is 1. The fourth-order valence-corrected chi connectivity index (χ4v) is 6.78. The standard InChI is InChI=1S/C30H31BrF3N5O4S/c1-18-12-13-38(28(40)43-29(2,3)4)17-24(18)36-27-35-15-23(30(32,33)34)26(37-27)22-16-39(25-14-19(31)10-11-21(22)25)44(41,42)20-8-6-5-7-9-20/h5-11,14-16,18,24H,12-13,17H2,1-4H3,(H,35,36,37). The summed E-state index contributed by atoms with van der Waals surface area (Å²) in [7, 11) is -4.18. The number of halogens is 4. The number of hydrogen-bond donors (Lipinski definition) is 1. The maximum absolute atomic E-state index is 14.3. The number of alkyl halides is 3. The van der Waals surface area contributed by atoms with Crippen molar-refractivity contribution in [1.29, 1.82) is 0 Å². The zero-order chi connectivity index (χ0) is 32.0. The van der Waals surface area contributed by atoms with Crippen LogP contribution in [0, 0.1) is 5.92 Å². The predicted molar refractivity (Wildman–Crippen MR) is 164 cm³/mol. The molecule has 1 amide bonds. The van der Waals surface area contributed by atoms with Gasteiger partial charge in [0.25, 0.3) is 10.0 Å². The monoisotopic (exact) mass is 693 g/mol. The minimum Gasteiger partial charge on any atom is -0.444 e. The molecule has 5 rings (SSSR count). The van der Waals surface area contributed by atoms with Crippen LogP contribution in [-0.4, -0.2) is 58.1 Å². The molecule has 14 heteroatoms. The molecular formula is C30H31BrF3N5O4S. The van der Waals surface area contributed by atoms with Gasteiger partial charge in [0.2, 0.25) is 5.95 Å². The molecule has 44 heavy (non-hydrogen) atoms. The smallest absolute Gasteiger partial charge is 0.419 e. The number of hydrogen-bond acceptors (Lipinski definition) is 7. The molecule has 2 atom stereocenters. The molecule has 2 unspecified atom stereocenters. The molecule has 3 heterocycles. The van der Waals surface area contributed by atoms with Crippen molar-refractivity contribution in [3.05, 3.63) is 71.0 Å². The largest absolute Gasteiger partial charge is 0.444 e. The quantitative estimate of drug-likeness (QED) is 0.236. The van der Waals surface area contributed by atoms with E-state index in [4.69, 9.17) is 4.74 Å². The minimum atomic E-state index is -4.83. The summed E-state index contributed by atoms with van der Waals surface area (Å²) in [6, 6.07) is 11.9. The Morgan fingerprint density at radius 2 is 1.82 bits per heavy atom. The van der Waals surface area contributed by atoms with Gasteiger partial charge in [-0.1, -0.05) is 47.1 Å². The Kier molecular flexibility index (Phi) is 8.44. The number of carbonyl (C=O) groups is 1. The Bertz CT molecular complexity index is 1810. The Hall–Kier alpha value is -3.65. The molecule has 0 saturated carbocycles. The van der Waals surface area contributed by atoms with E-state index in [-0.39, 0.29) is 45.8 Å². The normalized spacial score (nSPS) is 18.0. The third kappa shape index (κ3) is 6.55. The molecule has 1 N–H and O–H groups in total. The highest BCUT2D eigenvalue weighted by Gasteiger charge is 2.38. The SMILES string of the molecule is CC1CCN(C(=O)OC(C)(C)C)CC1Nc1ncc(C(F)(F)F)c(-c2cn(S(=O)(=O)c3ccccc3)c3cc(Br)ccc23)n1. The van der Waals surface area contributed by atoms with Gasteiger partial charge in [-0.05, 0) is 57.4 Å². The molecule has 2 aromatic carbocycles. The lowest BCUT2D eigenvalue weighted by Crippen LogP contribution is -2.50. The predicted octanol–water partition coefficient (Wildman–Crippen LogP) is 7.17. The molecular weight excluding hydrogens is 663 g/mol. The fourth-order valence-electron chi connectivity index (χ4n) is 5.04. The third-order valence-corrected chi connectivity index (χ3v) is 9.49. The average Bonchev–Trinajstić information content (AvgIpc) is 3.32. The molecule has 0 bridgehead atoms. The number of likely N-dealkylation sites (tertiary alicyclic amines) is 1. The van der Waals surface area contributed by atoms with Gasteiger partial charge in [0, 0.05) is 46.9 Å². The number of carbonyl (C=O) groups excluding carboxylic acids is 1. The van der Waals surface area contributed by atoms with E-state index in [1.165, 1.54) is 18.2 Å². The van der Waals surface area contributed by atoms with Gasteiger partial charge < -0.3 is 15.0 Å². The highest BCUT2D eigenvalue weighted by atomic mass is 79.9. The third-order valence-electron chi connectivity index (χ3n) is 7.31. The number of nitrogens with zero attached hydrogens (tertiary/aromatic N) is 4. The summed E-state index contributed by atoms with van der Waals surface area (Å²) in [5.41, 5.74) is -2.13. The maximum atomic E-state index is 14.3. The number of nitrogens with one attached hydrogen (secondary N) is 1. The number of benzene rings is 2. The molecule has 4 aromatic rings. The number of fused-ring (bicyclic) bond motifs is 1. The van der Waals surface area contributed by atoms with E-state index >= 15 is 0 Å². The van der Waals surface area contributed by atoms with E-state index in [0.29, 0.717) is 23.6 Å². The Labute approximate surface area is 261 Å². The maximum Gasteiger partial charge on any atom is 0.419 e. The first-order valence-electron chi connectivity index (χ1n) is 13.8. The highest BCUT2D eigenvalue weighted by Crippen LogP contribution is 2.41. The second-order valence-corrected chi connectivity index (χ2v) is 14.4. The number of rotatable bonds is 5. The molecule has 0 spiro atoms. The Morgan fingerprint density at radius 1 is 1.11 bits per heavy atom. The van der Waals surface area contributed by atoms with Crippen molar-refractivity contribution in [2.45, 2.75) is 56.8 Å². The van der Waals surface area contributed by atoms with Crippen LogP contribution in [-0.2, 0) is 20.9 Å². The lowest BCUT2D eigenvalue weighted by atomic mass is 9.94. The summed E-state index contributed by atoms with van der Waals surface area (Å²) in [6.45, 7) is 7.98. The molecule has 1 saturated heterocycles. The summed E-state index contributed by atoms with van der Waals surface area (Å²) in [6.07, 6.45) is -2.83. The van der Waals surface area contributed by atoms with Crippen molar-refractivity contribution < 1.29 is 31.1 Å². The van der Waals surface area contributed by atoms with Gasteiger partial charge in [0.15, 0.2) is 0 Å². The fraction of sp³-hybridized carbons (Fsp3) is 0.367. The van der Waals surface area contributed by atoms with E-state index in [1.54, 1.807) is 56.0 Å². The van der Waals surface area contributed by atoms with Gasteiger partial charge in [-0.15, -0.1) is 0 Å². The van der Waals surface area contributed by atoms with Gasteiger partial charge >= 0.3 is 12.3 Å². The second-order valence-electron chi connectivity index (χ2n) is 11.7. The summed E-state index contributed by atoms with van der Waals surface area (Å²) in [4.78, 5) is 22.5.